The van der Waals surface area contributed by atoms with Crippen molar-refractivity contribution in [1.29, 1.82) is 0 Å². The number of aromatic carboxylic acids is 1. The van der Waals surface area contributed by atoms with Gasteiger partial charge in [-0.15, -0.1) is 0 Å². The molecule has 1 atom stereocenters. The Bertz CT molecular complexity index is 559. The first kappa shape index (κ1) is 14.3. The number of carboxylic acid groups (broad SMARTS) is 1. The van der Waals surface area contributed by atoms with Crippen LogP contribution in [0, 0.1) is 0 Å². The fraction of sp³-hybridized carbons (Fsp3) is 0.625. The lowest BCUT2D eigenvalue weighted by Crippen LogP contribution is -2.52. The number of carbonyl (C=O) groups is 1. The standard InChI is InChI=1S/C16H23N3O2/c1-3-18-7-8-19(10-11(18)2)15-13(16(20)21)9-12-5-4-6-14(12)17-15/h9,11H,3-8,10H2,1-2H3,(H,20,21). The molecule has 0 amide bonds. The van der Waals surface area contributed by atoms with Crippen molar-refractivity contribution in [3.63, 3.8) is 0 Å². The maximum Gasteiger partial charge on any atom is 0.339 e. The lowest BCUT2D eigenvalue weighted by atomic mass is 10.1. The van der Waals surface area contributed by atoms with E-state index >= 15 is 0 Å². The highest BCUT2D eigenvalue weighted by Gasteiger charge is 2.28. The van der Waals surface area contributed by atoms with Crippen LogP contribution < -0.4 is 4.90 Å². The van der Waals surface area contributed by atoms with Gasteiger partial charge in [0.25, 0.3) is 0 Å². The fourth-order valence-corrected chi connectivity index (χ4v) is 3.52. The van der Waals surface area contributed by atoms with Crippen molar-refractivity contribution in [2.45, 2.75) is 39.2 Å². The maximum absolute atomic E-state index is 11.6. The van der Waals surface area contributed by atoms with E-state index in [1.807, 2.05) is 6.07 Å². The molecule has 1 aromatic heterocycles. The molecule has 5 heteroatoms. The zero-order valence-electron chi connectivity index (χ0n) is 12.8. The molecule has 2 aliphatic rings. The first-order valence-electron chi connectivity index (χ1n) is 7.85. The molecule has 3 rings (SSSR count). The number of hydrogen-bond acceptors (Lipinski definition) is 4. The molecule has 1 aliphatic heterocycles. The second kappa shape index (κ2) is 5.64. The van der Waals surface area contributed by atoms with Gasteiger partial charge in [-0.05, 0) is 44.4 Å². The summed E-state index contributed by atoms with van der Waals surface area (Å²) in [7, 11) is 0. The molecule has 1 aliphatic carbocycles. The van der Waals surface area contributed by atoms with Gasteiger partial charge in [0.15, 0.2) is 0 Å². The Hall–Kier alpha value is -1.62. The molecule has 21 heavy (non-hydrogen) atoms. The Morgan fingerprint density at radius 3 is 2.90 bits per heavy atom. The number of fused-ring (bicyclic) bond motifs is 1. The van der Waals surface area contributed by atoms with E-state index in [2.05, 4.69) is 23.6 Å². The lowest BCUT2D eigenvalue weighted by molar-refractivity contribution is 0.0696. The van der Waals surface area contributed by atoms with Crippen LogP contribution in [0.1, 0.15) is 41.9 Å². The van der Waals surface area contributed by atoms with Crippen molar-refractivity contribution in [2.24, 2.45) is 0 Å². The summed E-state index contributed by atoms with van der Waals surface area (Å²) >= 11 is 0. The lowest BCUT2D eigenvalue weighted by Gasteiger charge is -2.40. The molecule has 0 bridgehead atoms. The van der Waals surface area contributed by atoms with Crippen LogP contribution in [0.4, 0.5) is 5.82 Å². The molecule has 1 unspecified atom stereocenters. The Kier molecular flexibility index (Phi) is 3.85. The number of rotatable bonds is 3. The number of likely N-dealkylation sites (N-methyl/N-ethyl adjacent to an activating group) is 1. The second-order valence-electron chi connectivity index (χ2n) is 6.05. The van der Waals surface area contributed by atoms with Gasteiger partial charge in [-0.25, -0.2) is 9.78 Å². The maximum atomic E-state index is 11.6. The average molecular weight is 289 g/mol. The summed E-state index contributed by atoms with van der Waals surface area (Å²) in [6, 6.07) is 2.28. The molecule has 114 valence electrons. The van der Waals surface area contributed by atoms with Gasteiger partial charge in [-0.2, -0.15) is 0 Å². The molecule has 1 fully saturated rings. The number of aromatic nitrogens is 1. The van der Waals surface area contributed by atoms with Gasteiger partial charge in [0.05, 0.1) is 0 Å². The second-order valence-corrected chi connectivity index (χ2v) is 6.05. The minimum absolute atomic E-state index is 0.368. The third kappa shape index (κ3) is 2.62. The summed E-state index contributed by atoms with van der Waals surface area (Å²) in [4.78, 5) is 20.9. The molecular weight excluding hydrogens is 266 g/mol. The van der Waals surface area contributed by atoms with Crippen LogP contribution >= 0.6 is 0 Å². The van der Waals surface area contributed by atoms with Crippen LogP contribution in [-0.2, 0) is 12.8 Å². The van der Waals surface area contributed by atoms with Gasteiger partial charge >= 0.3 is 5.97 Å². The minimum atomic E-state index is -0.863. The van der Waals surface area contributed by atoms with Gasteiger partial charge in [0, 0.05) is 31.4 Å². The Balaban J connectivity index is 1.93. The van der Waals surface area contributed by atoms with E-state index < -0.39 is 5.97 Å². The number of aryl methyl sites for hydroxylation is 2. The van der Waals surface area contributed by atoms with E-state index in [4.69, 9.17) is 4.98 Å². The summed E-state index contributed by atoms with van der Waals surface area (Å²) in [6.45, 7) is 8.07. The van der Waals surface area contributed by atoms with Crippen LogP contribution in [-0.4, -0.2) is 53.2 Å². The number of piperazine rings is 1. The van der Waals surface area contributed by atoms with E-state index in [1.54, 1.807) is 0 Å². The van der Waals surface area contributed by atoms with Crippen molar-refractivity contribution in [2.75, 3.05) is 31.1 Å². The number of carboxylic acids is 1. The molecule has 1 saturated heterocycles. The normalized spacial score (nSPS) is 22.4. The number of anilines is 1. The van der Waals surface area contributed by atoms with Crippen molar-refractivity contribution in [3.8, 4) is 0 Å². The van der Waals surface area contributed by atoms with Crippen molar-refractivity contribution >= 4 is 11.8 Å². The average Bonchev–Trinajstić information content (AvgIpc) is 2.93. The van der Waals surface area contributed by atoms with Crippen molar-refractivity contribution in [1.82, 2.24) is 9.88 Å². The first-order valence-corrected chi connectivity index (χ1v) is 7.85. The highest BCUT2D eigenvalue weighted by molar-refractivity contribution is 5.93. The smallest absolute Gasteiger partial charge is 0.339 e. The monoisotopic (exact) mass is 289 g/mol. The molecule has 0 saturated carbocycles. The fourth-order valence-electron chi connectivity index (χ4n) is 3.52. The minimum Gasteiger partial charge on any atom is -0.478 e. The molecule has 1 N–H and O–H groups in total. The Morgan fingerprint density at radius 1 is 1.43 bits per heavy atom. The quantitative estimate of drug-likeness (QED) is 0.919. The summed E-state index contributed by atoms with van der Waals surface area (Å²) in [5.74, 6) is -0.191. The van der Waals surface area contributed by atoms with Crippen LogP contribution in [0.2, 0.25) is 0 Å². The van der Waals surface area contributed by atoms with E-state index in [1.165, 1.54) is 0 Å². The first-order chi connectivity index (χ1) is 10.1. The highest BCUT2D eigenvalue weighted by atomic mass is 16.4. The zero-order valence-corrected chi connectivity index (χ0v) is 12.8. The summed E-state index contributed by atoms with van der Waals surface area (Å²) in [5, 5.41) is 9.51. The van der Waals surface area contributed by atoms with Crippen molar-refractivity contribution < 1.29 is 9.90 Å². The van der Waals surface area contributed by atoms with Crippen LogP contribution in [0.3, 0.4) is 0 Å². The Labute approximate surface area is 125 Å². The molecule has 0 aromatic carbocycles. The largest absolute Gasteiger partial charge is 0.478 e. The summed E-state index contributed by atoms with van der Waals surface area (Å²) in [6.07, 6.45) is 3.03. The third-order valence-corrected chi connectivity index (χ3v) is 4.73. The van der Waals surface area contributed by atoms with Crippen LogP contribution in [0.5, 0.6) is 0 Å². The SMILES string of the molecule is CCN1CCN(c2nc3c(cc2C(=O)O)CCC3)CC1C. The molecule has 0 spiro atoms. The molecule has 2 heterocycles. The van der Waals surface area contributed by atoms with E-state index in [0.717, 1.165) is 56.7 Å². The van der Waals surface area contributed by atoms with E-state index in [-0.39, 0.29) is 0 Å². The molecule has 5 nitrogen and oxygen atoms in total. The van der Waals surface area contributed by atoms with E-state index in [0.29, 0.717) is 17.4 Å². The molecule has 0 radical (unpaired) electrons. The van der Waals surface area contributed by atoms with Gasteiger partial charge in [-0.3, -0.25) is 4.90 Å². The van der Waals surface area contributed by atoms with Crippen LogP contribution in [0.25, 0.3) is 0 Å². The number of hydrogen-bond donors (Lipinski definition) is 1. The third-order valence-electron chi connectivity index (χ3n) is 4.73. The van der Waals surface area contributed by atoms with Gasteiger partial charge in [0.1, 0.15) is 11.4 Å². The number of pyridine rings is 1. The highest BCUT2D eigenvalue weighted by Crippen LogP contribution is 2.28. The number of nitrogens with zero attached hydrogens (tertiary/aromatic N) is 3. The van der Waals surface area contributed by atoms with Gasteiger partial charge in [0.2, 0.25) is 0 Å². The predicted octanol–water partition coefficient (Wildman–Crippen LogP) is 1.80. The Morgan fingerprint density at radius 2 is 2.24 bits per heavy atom. The molecular formula is C16H23N3O2. The zero-order chi connectivity index (χ0) is 15.0. The predicted molar refractivity (Wildman–Crippen MR) is 82.1 cm³/mol. The van der Waals surface area contributed by atoms with Gasteiger partial charge in [-0.1, -0.05) is 6.92 Å². The molecule has 1 aromatic rings. The van der Waals surface area contributed by atoms with E-state index in [9.17, 15) is 9.90 Å². The topological polar surface area (TPSA) is 56.7 Å². The summed E-state index contributed by atoms with van der Waals surface area (Å²) in [5.41, 5.74) is 2.59. The van der Waals surface area contributed by atoms with Crippen molar-refractivity contribution in [3.05, 3.63) is 22.9 Å². The van der Waals surface area contributed by atoms with Gasteiger partial charge < -0.3 is 10.0 Å². The summed E-state index contributed by atoms with van der Waals surface area (Å²) < 4.78 is 0. The van der Waals surface area contributed by atoms with Crippen LogP contribution in [0.15, 0.2) is 6.07 Å².